The van der Waals surface area contributed by atoms with Crippen molar-refractivity contribution in [1.82, 2.24) is 14.6 Å². The van der Waals surface area contributed by atoms with Gasteiger partial charge < -0.3 is 15.5 Å². The van der Waals surface area contributed by atoms with Crippen LogP contribution in [0.25, 0.3) is 0 Å². The summed E-state index contributed by atoms with van der Waals surface area (Å²) in [5.74, 6) is -0.795. The van der Waals surface area contributed by atoms with Crippen LogP contribution in [-0.4, -0.2) is 67.0 Å². The molecule has 3 N–H and O–H groups in total. The summed E-state index contributed by atoms with van der Waals surface area (Å²) in [7, 11) is -4.04. The number of sulfonamides is 1. The first-order chi connectivity index (χ1) is 19.7. The smallest absolute Gasteiger partial charge is 0.333 e. The number of piperidine rings is 1. The normalized spacial score (nSPS) is 19.5. The number of fused-ring (bicyclic) bond motifs is 1. The Morgan fingerprint density at radius 2 is 1.88 bits per heavy atom. The first kappa shape index (κ1) is 29.4. The Morgan fingerprint density at radius 3 is 2.59 bits per heavy atom. The zero-order chi connectivity index (χ0) is 29.0. The molecule has 4 amide bonds. The largest absolute Gasteiger partial charge is 0.385 e. The Kier molecular flexibility index (Phi) is 9.17. The van der Waals surface area contributed by atoms with Crippen LogP contribution in [0.15, 0.2) is 46.8 Å². The minimum absolute atomic E-state index is 0.0145. The molecule has 0 spiro atoms. The van der Waals surface area contributed by atoms with Crippen LogP contribution in [0.1, 0.15) is 48.0 Å². The number of allylic oxidation sites excluding steroid dienone is 1. The molecule has 14 heteroatoms. The van der Waals surface area contributed by atoms with Crippen molar-refractivity contribution in [2.75, 3.05) is 41.7 Å². The SMILES string of the molecule is O=C(Nc1ccc(N2C(=O)Cc3cc(NCCCN4CCCCC4)ccc3C2=O)nc1)NS(=O)(=O)C1=CCC(Cl)S1. The first-order valence-corrected chi connectivity index (χ1v) is 16.3. The number of nitrogens with one attached hydrogen (secondary N) is 3. The Morgan fingerprint density at radius 1 is 1.10 bits per heavy atom. The maximum atomic E-state index is 13.2. The highest BCUT2D eigenvalue weighted by Crippen LogP contribution is 2.37. The molecule has 2 aromatic rings. The number of alkyl halides is 1. The van der Waals surface area contributed by atoms with Crippen molar-refractivity contribution in [3.8, 4) is 0 Å². The van der Waals surface area contributed by atoms with Crippen molar-refractivity contribution < 1.29 is 22.8 Å². The molecule has 1 atom stereocenters. The summed E-state index contributed by atoms with van der Waals surface area (Å²) in [6.07, 6.45) is 7.99. The maximum absolute atomic E-state index is 13.2. The summed E-state index contributed by atoms with van der Waals surface area (Å²) in [6.45, 7) is 4.20. The van der Waals surface area contributed by atoms with Crippen molar-refractivity contribution in [3.63, 3.8) is 0 Å². The van der Waals surface area contributed by atoms with Crippen LogP contribution < -0.4 is 20.3 Å². The van der Waals surface area contributed by atoms with Gasteiger partial charge in [-0.2, -0.15) is 0 Å². The number of urea groups is 1. The molecule has 41 heavy (non-hydrogen) atoms. The highest BCUT2D eigenvalue weighted by molar-refractivity contribution is 8.19. The number of amides is 4. The molecule has 11 nitrogen and oxygen atoms in total. The van der Waals surface area contributed by atoms with Crippen LogP contribution in [0.5, 0.6) is 0 Å². The van der Waals surface area contributed by atoms with Gasteiger partial charge in [0.05, 0.1) is 23.0 Å². The van der Waals surface area contributed by atoms with E-state index in [4.69, 9.17) is 11.6 Å². The van der Waals surface area contributed by atoms with Gasteiger partial charge in [0.2, 0.25) is 5.91 Å². The molecule has 1 aromatic carbocycles. The fourth-order valence-electron chi connectivity index (χ4n) is 4.99. The van der Waals surface area contributed by atoms with E-state index in [1.165, 1.54) is 56.8 Å². The summed E-state index contributed by atoms with van der Waals surface area (Å²) < 4.78 is 26.2. The predicted octanol–water partition coefficient (Wildman–Crippen LogP) is 4.09. The number of anilines is 3. The zero-order valence-electron chi connectivity index (χ0n) is 22.3. The number of pyridine rings is 1. The van der Waals surface area contributed by atoms with E-state index in [1.54, 1.807) is 6.07 Å². The Bertz CT molecular complexity index is 1460. The van der Waals surface area contributed by atoms with Gasteiger partial charge in [-0.25, -0.2) is 27.8 Å². The molecule has 0 radical (unpaired) electrons. The Hall–Kier alpha value is -3.13. The number of thioether (sulfide) groups is 1. The third-order valence-electron chi connectivity index (χ3n) is 7.00. The number of carbonyl (C=O) groups excluding carboxylic acids is 3. The molecular formula is C27H31ClN6O5S2. The molecule has 1 fully saturated rings. The topological polar surface area (TPSA) is 141 Å². The third kappa shape index (κ3) is 7.21. The van der Waals surface area contributed by atoms with E-state index in [0.29, 0.717) is 17.5 Å². The lowest BCUT2D eigenvalue weighted by Crippen LogP contribution is -2.43. The van der Waals surface area contributed by atoms with Crippen molar-refractivity contribution in [1.29, 1.82) is 0 Å². The van der Waals surface area contributed by atoms with Gasteiger partial charge in [0.1, 0.15) is 10.1 Å². The van der Waals surface area contributed by atoms with Crippen LogP contribution in [0.2, 0.25) is 0 Å². The minimum atomic E-state index is -4.04. The molecule has 1 saturated heterocycles. The van der Waals surface area contributed by atoms with Crippen molar-refractivity contribution in [2.24, 2.45) is 0 Å². The van der Waals surface area contributed by atoms with E-state index in [1.807, 2.05) is 16.9 Å². The molecule has 1 unspecified atom stereocenters. The molecule has 0 saturated carbocycles. The molecule has 1 aromatic heterocycles. The molecular weight excluding hydrogens is 588 g/mol. The third-order valence-corrected chi connectivity index (χ3v) is 10.4. The summed E-state index contributed by atoms with van der Waals surface area (Å²) in [4.78, 5) is 46.1. The van der Waals surface area contributed by atoms with Gasteiger partial charge in [-0.15, -0.1) is 11.6 Å². The van der Waals surface area contributed by atoms with E-state index in [-0.39, 0.29) is 22.2 Å². The molecule has 3 aliphatic rings. The fourth-order valence-corrected chi connectivity index (χ4v) is 7.85. The van der Waals surface area contributed by atoms with E-state index < -0.39 is 32.6 Å². The van der Waals surface area contributed by atoms with E-state index >= 15 is 0 Å². The second kappa shape index (κ2) is 12.8. The van der Waals surface area contributed by atoms with Crippen LogP contribution in [-0.2, 0) is 21.2 Å². The average molecular weight is 619 g/mol. The molecule has 218 valence electrons. The highest BCUT2D eigenvalue weighted by Gasteiger charge is 2.33. The average Bonchev–Trinajstić information content (AvgIpc) is 3.39. The maximum Gasteiger partial charge on any atom is 0.333 e. The number of likely N-dealkylation sites (tertiary alicyclic amines) is 1. The molecule has 4 heterocycles. The lowest BCUT2D eigenvalue weighted by Gasteiger charge is -2.27. The summed E-state index contributed by atoms with van der Waals surface area (Å²) in [5, 5.41) is 5.79. The predicted molar refractivity (Wildman–Crippen MR) is 161 cm³/mol. The quantitative estimate of drug-likeness (QED) is 0.215. The van der Waals surface area contributed by atoms with E-state index in [0.717, 1.165) is 41.9 Å². The van der Waals surface area contributed by atoms with Gasteiger partial charge >= 0.3 is 6.03 Å². The minimum Gasteiger partial charge on any atom is -0.385 e. The lowest BCUT2D eigenvalue weighted by molar-refractivity contribution is -0.117. The number of rotatable bonds is 9. The van der Waals surface area contributed by atoms with E-state index in [9.17, 15) is 22.8 Å². The van der Waals surface area contributed by atoms with Gasteiger partial charge in [-0.05, 0) is 81.2 Å². The number of hydrogen-bond donors (Lipinski definition) is 3. The number of benzene rings is 1. The Balaban J connectivity index is 1.16. The van der Waals surface area contributed by atoms with Crippen LogP contribution >= 0.6 is 23.4 Å². The van der Waals surface area contributed by atoms with Gasteiger partial charge in [0, 0.05) is 17.8 Å². The monoisotopic (exact) mass is 618 g/mol. The number of aromatic nitrogens is 1. The second-order valence-corrected chi connectivity index (χ2v) is 14.0. The lowest BCUT2D eigenvalue weighted by atomic mass is 9.97. The molecule has 3 aliphatic heterocycles. The van der Waals surface area contributed by atoms with Crippen molar-refractivity contribution >= 4 is 68.4 Å². The standard InChI is InChI=1S/C27H31ClN6O5S2/c28-22-8-10-25(40-22)41(38,39)32-27(37)31-20-6-9-23(30-17-20)34-24(35)16-18-15-19(5-7-21(18)26(34)36)29-11-4-14-33-12-2-1-3-13-33/h5-7,9-10,15,17,22,29H,1-4,8,11-14,16H2,(H2,31,32,37). The van der Waals surface area contributed by atoms with Gasteiger partial charge in [-0.1, -0.05) is 24.3 Å². The summed E-state index contributed by atoms with van der Waals surface area (Å²) in [5.41, 5.74) is 2.13. The number of nitrogens with zero attached hydrogens (tertiary/aromatic N) is 3. The van der Waals surface area contributed by atoms with Gasteiger partial charge in [-0.3, -0.25) is 9.59 Å². The van der Waals surface area contributed by atoms with Crippen molar-refractivity contribution in [2.45, 2.75) is 43.2 Å². The molecule has 0 bridgehead atoms. The molecule has 5 rings (SSSR count). The number of carbonyl (C=O) groups is 3. The first-order valence-electron chi connectivity index (χ1n) is 13.5. The highest BCUT2D eigenvalue weighted by atomic mass is 35.5. The van der Waals surface area contributed by atoms with Crippen molar-refractivity contribution in [3.05, 3.63) is 58.0 Å². The summed E-state index contributed by atoms with van der Waals surface area (Å²) >= 11 is 6.87. The van der Waals surface area contributed by atoms with E-state index in [2.05, 4.69) is 20.5 Å². The summed E-state index contributed by atoms with van der Waals surface area (Å²) in [6, 6.07) is 7.27. The van der Waals surface area contributed by atoms with Crippen LogP contribution in [0, 0.1) is 0 Å². The fraction of sp³-hybridized carbons (Fsp3) is 0.407. The number of hydrogen-bond acceptors (Lipinski definition) is 9. The van der Waals surface area contributed by atoms with Gasteiger partial charge in [0.25, 0.3) is 15.9 Å². The number of halogens is 1. The number of imide groups is 1. The van der Waals surface area contributed by atoms with Gasteiger partial charge in [0.15, 0.2) is 0 Å². The second-order valence-electron chi connectivity index (χ2n) is 10.0. The van der Waals surface area contributed by atoms with Crippen LogP contribution in [0.4, 0.5) is 22.0 Å². The molecule has 0 aliphatic carbocycles. The Labute approximate surface area is 248 Å². The van der Waals surface area contributed by atoms with Crippen LogP contribution in [0.3, 0.4) is 0 Å². The zero-order valence-corrected chi connectivity index (χ0v) is 24.7.